The Kier molecular flexibility index (Phi) is 13.2. The summed E-state index contributed by atoms with van der Waals surface area (Å²) in [4.78, 5) is 53.9. The van der Waals surface area contributed by atoms with Crippen LogP contribution in [0.3, 0.4) is 0 Å². The predicted molar refractivity (Wildman–Crippen MR) is 187 cm³/mol. The molecule has 14 heteroatoms. The quantitative estimate of drug-likeness (QED) is 0.138. The standard InChI is InChI=1S/C36H46F3N3O7Si/c1-9-47-33(45)26-20-27(25-18-14-11-15-19-25)42(32(44)30(26)41-34(46)48-22-24-16-12-10-13-17-24)21-28(43)40-29(23(2)3)31(36(37,38)39)49-50(7,8)35(4,5)6/h10-20,23,29,31H,9,21-22H2,1-8H3,(H,40,43)(H,41,46). The highest BCUT2D eigenvalue weighted by Crippen LogP contribution is 2.41. The summed E-state index contributed by atoms with van der Waals surface area (Å²) < 4.78 is 61.1. The largest absolute Gasteiger partial charge is 0.462 e. The predicted octanol–water partition coefficient (Wildman–Crippen LogP) is 7.53. The zero-order valence-corrected chi connectivity index (χ0v) is 30.6. The van der Waals surface area contributed by atoms with Gasteiger partial charge in [-0.1, -0.05) is 95.3 Å². The van der Waals surface area contributed by atoms with Gasteiger partial charge in [-0.3, -0.25) is 19.5 Å². The Morgan fingerprint density at radius 2 is 1.50 bits per heavy atom. The number of benzene rings is 2. The van der Waals surface area contributed by atoms with E-state index in [4.69, 9.17) is 13.9 Å². The molecule has 50 heavy (non-hydrogen) atoms. The minimum Gasteiger partial charge on any atom is -0.462 e. The van der Waals surface area contributed by atoms with Crippen molar-refractivity contribution in [3.05, 3.63) is 88.2 Å². The van der Waals surface area contributed by atoms with Gasteiger partial charge in [0.1, 0.15) is 18.8 Å². The van der Waals surface area contributed by atoms with Crippen LogP contribution in [-0.2, 0) is 31.8 Å². The van der Waals surface area contributed by atoms with Crippen molar-refractivity contribution >= 4 is 32.0 Å². The van der Waals surface area contributed by atoms with E-state index < -0.39 is 73.4 Å². The fourth-order valence-corrected chi connectivity index (χ4v) is 6.08. The number of amides is 2. The molecule has 0 aliphatic carbocycles. The van der Waals surface area contributed by atoms with E-state index in [1.807, 2.05) is 20.8 Å². The molecule has 2 unspecified atom stereocenters. The molecule has 272 valence electrons. The van der Waals surface area contributed by atoms with E-state index in [2.05, 4.69) is 10.6 Å². The van der Waals surface area contributed by atoms with Crippen molar-refractivity contribution in [2.24, 2.45) is 5.92 Å². The van der Waals surface area contributed by atoms with Gasteiger partial charge in [0.05, 0.1) is 23.9 Å². The van der Waals surface area contributed by atoms with Gasteiger partial charge in [0.2, 0.25) is 5.91 Å². The van der Waals surface area contributed by atoms with Crippen molar-refractivity contribution < 1.29 is 41.5 Å². The Morgan fingerprint density at radius 3 is 2.02 bits per heavy atom. The Labute approximate surface area is 291 Å². The van der Waals surface area contributed by atoms with Gasteiger partial charge in [0.15, 0.2) is 14.4 Å². The number of hydrogen-bond acceptors (Lipinski definition) is 7. The molecule has 0 radical (unpaired) electrons. The summed E-state index contributed by atoms with van der Waals surface area (Å²) in [7, 11) is -2.97. The molecule has 10 nitrogen and oxygen atoms in total. The third kappa shape index (κ3) is 10.3. The lowest BCUT2D eigenvalue weighted by Gasteiger charge is -2.42. The fourth-order valence-electron chi connectivity index (χ4n) is 4.81. The van der Waals surface area contributed by atoms with Gasteiger partial charge in [-0.2, -0.15) is 13.2 Å². The monoisotopic (exact) mass is 717 g/mol. The number of hydrogen-bond donors (Lipinski definition) is 2. The van der Waals surface area contributed by atoms with Crippen molar-refractivity contribution in [3.8, 4) is 11.3 Å². The molecule has 0 aliphatic rings. The van der Waals surface area contributed by atoms with Gasteiger partial charge < -0.3 is 19.2 Å². The Morgan fingerprint density at radius 1 is 0.920 bits per heavy atom. The van der Waals surface area contributed by atoms with E-state index in [1.54, 1.807) is 80.7 Å². The number of nitrogens with zero attached hydrogens (tertiary/aromatic N) is 1. The van der Waals surface area contributed by atoms with Crippen LogP contribution in [0, 0.1) is 5.92 Å². The van der Waals surface area contributed by atoms with Gasteiger partial charge in [0, 0.05) is 0 Å². The second kappa shape index (κ2) is 16.5. The van der Waals surface area contributed by atoms with E-state index >= 15 is 0 Å². The third-order valence-electron chi connectivity index (χ3n) is 8.53. The molecule has 2 aromatic carbocycles. The summed E-state index contributed by atoms with van der Waals surface area (Å²) in [5, 5.41) is 4.26. The zero-order chi connectivity index (χ0) is 37.4. The van der Waals surface area contributed by atoms with Gasteiger partial charge in [-0.15, -0.1) is 0 Å². The first-order valence-corrected chi connectivity index (χ1v) is 19.2. The number of carbonyl (C=O) groups excluding carboxylic acids is 3. The molecule has 0 aliphatic heterocycles. The highest BCUT2D eigenvalue weighted by Gasteiger charge is 2.52. The summed E-state index contributed by atoms with van der Waals surface area (Å²) >= 11 is 0. The molecular formula is C36H46F3N3O7Si. The van der Waals surface area contributed by atoms with Crippen molar-refractivity contribution in [1.82, 2.24) is 9.88 Å². The highest BCUT2D eigenvalue weighted by atomic mass is 28.4. The number of halogens is 3. The maximum atomic E-state index is 14.6. The van der Waals surface area contributed by atoms with Crippen LogP contribution in [0.25, 0.3) is 11.3 Å². The van der Waals surface area contributed by atoms with E-state index in [0.717, 1.165) is 4.57 Å². The number of carbonyl (C=O) groups is 3. The first-order valence-electron chi connectivity index (χ1n) is 16.3. The summed E-state index contributed by atoms with van der Waals surface area (Å²) in [6.45, 7) is 12.5. The number of aromatic nitrogens is 1. The van der Waals surface area contributed by atoms with Crippen LogP contribution in [0.5, 0.6) is 0 Å². The minimum absolute atomic E-state index is 0.0448. The number of alkyl halides is 3. The minimum atomic E-state index is -4.82. The molecule has 0 saturated heterocycles. The highest BCUT2D eigenvalue weighted by molar-refractivity contribution is 6.74. The Bertz CT molecular complexity index is 1690. The Balaban J connectivity index is 2.09. The van der Waals surface area contributed by atoms with Crippen molar-refractivity contribution in [3.63, 3.8) is 0 Å². The van der Waals surface area contributed by atoms with E-state index in [1.165, 1.54) is 19.9 Å². The van der Waals surface area contributed by atoms with Crippen molar-refractivity contribution in [1.29, 1.82) is 0 Å². The second-order valence-electron chi connectivity index (χ2n) is 13.7. The molecule has 1 heterocycles. The van der Waals surface area contributed by atoms with Crippen molar-refractivity contribution in [2.45, 2.75) is 91.1 Å². The van der Waals surface area contributed by atoms with E-state index in [-0.39, 0.29) is 24.5 Å². The van der Waals surface area contributed by atoms with Gasteiger partial charge in [-0.05, 0) is 48.2 Å². The van der Waals surface area contributed by atoms with Crippen LogP contribution in [0.4, 0.5) is 23.7 Å². The fraction of sp³-hybridized carbons (Fsp3) is 0.444. The molecule has 0 spiro atoms. The van der Waals surface area contributed by atoms with Crippen LogP contribution < -0.4 is 16.2 Å². The first kappa shape index (κ1) is 40.0. The molecule has 0 fully saturated rings. The van der Waals surface area contributed by atoms with Crippen LogP contribution >= 0.6 is 0 Å². The number of ether oxygens (including phenoxy) is 2. The number of nitrogens with one attached hydrogen (secondary N) is 2. The van der Waals surface area contributed by atoms with E-state index in [9.17, 15) is 32.3 Å². The third-order valence-corrected chi connectivity index (χ3v) is 13.0. The lowest BCUT2D eigenvalue weighted by Crippen LogP contribution is -2.59. The zero-order valence-electron chi connectivity index (χ0n) is 29.6. The molecular weight excluding hydrogens is 671 g/mol. The van der Waals surface area contributed by atoms with Gasteiger partial charge >= 0.3 is 18.2 Å². The molecule has 3 aromatic rings. The second-order valence-corrected chi connectivity index (χ2v) is 18.4. The van der Waals surface area contributed by atoms with Crippen LogP contribution in [0.1, 0.15) is 57.5 Å². The Hall–Kier alpha value is -4.43. The summed E-state index contributed by atoms with van der Waals surface area (Å²) in [6, 6.07) is 16.8. The SMILES string of the molecule is CCOC(=O)c1cc(-c2ccccc2)n(CC(=O)NC(C(C)C)C(O[Si](C)(C)C(C)(C)C)C(F)(F)F)c(=O)c1NC(=O)OCc1ccccc1. The average molecular weight is 718 g/mol. The van der Waals surface area contributed by atoms with Gasteiger partial charge in [0.25, 0.3) is 5.56 Å². The lowest BCUT2D eigenvalue weighted by molar-refractivity contribution is -0.210. The maximum Gasteiger partial charge on any atom is 0.415 e. The van der Waals surface area contributed by atoms with Crippen LogP contribution in [0.2, 0.25) is 18.1 Å². The number of pyridine rings is 1. The molecule has 0 saturated carbocycles. The lowest BCUT2D eigenvalue weighted by atomic mass is 9.98. The van der Waals surface area contributed by atoms with E-state index in [0.29, 0.717) is 11.1 Å². The summed E-state index contributed by atoms with van der Waals surface area (Å²) in [6.07, 6.45) is -8.20. The van der Waals surface area contributed by atoms with Crippen molar-refractivity contribution in [2.75, 3.05) is 11.9 Å². The summed E-state index contributed by atoms with van der Waals surface area (Å²) in [5.41, 5.74) is -0.643. The normalized spacial score (nSPS) is 13.4. The maximum absolute atomic E-state index is 14.6. The number of esters is 1. The number of anilines is 1. The van der Waals surface area contributed by atoms with Crippen LogP contribution in [-0.4, -0.2) is 55.8 Å². The molecule has 1 aromatic heterocycles. The molecule has 2 N–H and O–H groups in total. The topological polar surface area (TPSA) is 125 Å². The molecule has 2 atom stereocenters. The summed E-state index contributed by atoms with van der Waals surface area (Å²) in [5.74, 6) is -2.56. The van der Waals surface area contributed by atoms with Crippen LogP contribution in [0.15, 0.2) is 71.5 Å². The smallest absolute Gasteiger partial charge is 0.415 e. The number of rotatable bonds is 13. The molecule has 2 amide bonds. The average Bonchev–Trinajstić information content (AvgIpc) is 3.03. The molecule has 3 rings (SSSR count). The molecule has 0 bridgehead atoms. The van der Waals surface area contributed by atoms with Gasteiger partial charge in [-0.25, -0.2) is 9.59 Å². The first-order chi connectivity index (χ1) is 23.3.